The second kappa shape index (κ2) is 11.9. The van der Waals surface area contributed by atoms with E-state index in [1.54, 1.807) is 31.2 Å². The van der Waals surface area contributed by atoms with Crippen LogP contribution in [0.5, 0.6) is 0 Å². The Kier molecular flexibility index (Phi) is 9.07. The molecule has 2 unspecified atom stereocenters. The smallest absolute Gasteiger partial charge is 0.251 e. The van der Waals surface area contributed by atoms with Gasteiger partial charge >= 0.3 is 0 Å². The van der Waals surface area contributed by atoms with Crippen LogP contribution in [0.25, 0.3) is 0 Å². The molecular weight excluding hydrogens is 493 g/mol. The lowest BCUT2D eigenvalue weighted by molar-refractivity contribution is 0.0790. The summed E-state index contributed by atoms with van der Waals surface area (Å²) in [6.07, 6.45) is 1.72. The fourth-order valence-corrected chi connectivity index (χ4v) is 4.38. The van der Waals surface area contributed by atoms with E-state index in [0.29, 0.717) is 17.7 Å². The minimum Gasteiger partial charge on any atom is -0.375 e. The number of nitrogens with zero attached hydrogens (tertiary/aromatic N) is 1. The highest BCUT2D eigenvalue weighted by molar-refractivity contribution is 7.92. The molecule has 7 nitrogen and oxygen atoms in total. The van der Waals surface area contributed by atoms with Gasteiger partial charge in [0, 0.05) is 18.2 Å². The van der Waals surface area contributed by atoms with Gasteiger partial charge in [0.1, 0.15) is 5.82 Å². The third-order valence-electron chi connectivity index (χ3n) is 5.97. The lowest BCUT2D eigenvalue weighted by atomic mass is 9.95. The average Bonchev–Trinajstić information content (AvgIpc) is 2.83. The lowest BCUT2D eigenvalue weighted by Crippen LogP contribution is -2.43. The van der Waals surface area contributed by atoms with Gasteiger partial charge in [-0.15, -0.1) is 0 Å². The van der Waals surface area contributed by atoms with Gasteiger partial charge < -0.3 is 15.8 Å². The summed E-state index contributed by atoms with van der Waals surface area (Å²) in [7, 11) is -2.13. The second-order valence-corrected chi connectivity index (χ2v) is 11.7. The number of carbonyl (C=O) groups is 1. The van der Waals surface area contributed by atoms with Crippen LogP contribution in [0.2, 0.25) is 0 Å². The van der Waals surface area contributed by atoms with E-state index in [0.717, 1.165) is 21.7 Å². The number of ether oxygens (including phenoxy) is 1. The summed E-state index contributed by atoms with van der Waals surface area (Å²) in [4.78, 5) is 13.1. The molecule has 2 atom stereocenters. The van der Waals surface area contributed by atoms with Crippen LogP contribution >= 0.6 is 0 Å². The molecule has 0 heterocycles. The molecular formula is C28H34FN3O4S. The molecule has 0 bridgehead atoms. The third-order valence-corrected chi connectivity index (χ3v) is 7.18. The summed E-state index contributed by atoms with van der Waals surface area (Å²) in [5.41, 5.74) is 8.91. The Hall–Kier alpha value is -3.27. The van der Waals surface area contributed by atoms with Crippen LogP contribution in [0.4, 0.5) is 10.1 Å². The fraction of sp³-hybridized carbons (Fsp3) is 0.321. The Morgan fingerprint density at radius 3 is 2.35 bits per heavy atom. The maximum absolute atomic E-state index is 13.3. The molecule has 3 rings (SSSR count). The van der Waals surface area contributed by atoms with Crippen LogP contribution < -0.4 is 15.4 Å². The minimum absolute atomic E-state index is 0.140. The normalized spacial score (nSPS) is 14.0. The SMILES string of the molecule is CC(NC(=O)c1cc(COCC(C)(N)Cc2ccccc2)cc(N(C)S(C)(=O)=O)c1)c1ccc(F)cc1. The highest BCUT2D eigenvalue weighted by Gasteiger charge is 2.21. The summed E-state index contributed by atoms with van der Waals surface area (Å²) < 4.78 is 44.6. The van der Waals surface area contributed by atoms with Crippen molar-refractivity contribution in [2.45, 2.75) is 38.5 Å². The van der Waals surface area contributed by atoms with Crippen LogP contribution in [0.3, 0.4) is 0 Å². The zero-order chi connectivity index (χ0) is 27.2. The van der Waals surface area contributed by atoms with Crippen LogP contribution in [-0.4, -0.2) is 39.8 Å². The van der Waals surface area contributed by atoms with Crippen molar-refractivity contribution in [2.24, 2.45) is 5.73 Å². The molecule has 0 saturated heterocycles. The topological polar surface area (TPSA) is 102 Å². The zero-order valence-corrected chi connectivity index (χ0v) is 22.4. The van der Waals surface area contributed by atoms with Crippen molar-refractivity contribution in [3.05, 3.63) is 101 Å². The fourth-order valence-electron chi connectivity index (χ4n) is 3.89. The number of nitrogens with two attached hydrogens (primary N) is 1. The van der Waals surface area contributed by atoms with Gasteiger partial charge in [0.15, 0.2) is 0 Å². The molecule has 0 spiro atoms. The predicted octanol–water partition coefficient (Wildman–Crippen LogP) is 4.19. The molecule has 0 fully saturated rings. The Morgan fingerprint density at radius 2 is 1.73 bits per heavy atom. The average molecular weight is 528 g/mol. The summed E-state index contributed by atoms with van der Waals surface area (Å²) >= 11 is 0. The Morgan fingerprint density at radius 1 is 1.08 bits per heavy atom. The zero-order valence-electron chi connectivity index (χ0n) is 21.6. The van der Waals surface area contributed by atoms with Crippen molar-refractivity contribution in [1.82, 2.24) is 5.32 Å². The van der Waals surface area contributed by atoms with Crippen LogP contribution in [0.15, 0.2) is 72.8 Å². The van der Waals surface area contributed by atoms with Gasteiger partial charge in [-0.1, -0.05) is 42.5 Å². The number of nitrogens with one attached hydrogen (secondary N) is 1. The van der Waals surface area contributed by atoms with Crippen molar-refractivity contribution in [1.29, 1.82) is 0 Å². The predicted molar refractivity (Wildman–Crippen MR) is 144 cm³/mol. The molecule has 0 aromatic heterocycles. The van der Waals surface area contributed by atoms with Gasteiger partial charge in [0.25, 0.3) is 5.91 Å². The molecule has 9 heteroatoms. The van der Waals surface area contributed by atoms with Crippen molar-refractivity contribution in [3.63, 3.8) is 0 Å². The van der Waals surface area contributed by atoms with Gasteiger partial charge in [-0.3, -0.25) is 9.10 Å². The highest BCUT2D eigenvalue weighted by atomic mass is 32.2. The lowest BCUT2D eigenvalue weighted by Gasteiger charge is -2.25. The van der Waals surface area contributed by atoms with Crippen molar-refractivity contribution >= 4 is 21.6 Å². The van der Waals surface area contributed by atoms with E-state index in [-0.39, 0.29) is 30.6 Å². The van der Waals surface area contributed by atoms with E-state index in [9.17, 15) is 17.6 Å². The Labute approximate surface area is 218 Å². The summed E-state index contributed by atoms with van der Waals surface area (Å²) in [6.45, 7) is 4.10. The first kappa shape index (κ1) is 28.3. The molecule has 0 aliphatic carbocycles. The number of rotatable bonds is 11. The van der Waals surface area contributed by atoms with Crippen molar-refractivity contribution in [2.75, 3.05) is 24.2 Å². The largest absolute Gasteiger partial charge is 0.375 e. The van der Waals surface area contributed by atoms with E-state index in [1.165, 1.54) is 25.2 Å². The molecule has 3 N–H and O–H groups in total. The first-order valence-electron chi connectivity index (χ1n) is 11.9. The van der Waals surface area contributed by atoms with Gasteiger partial charge in [-0.05, 0) is 67.3 Å². The van der Waals surface area contributed by atoms with Gasteiger partial charge in [-0.2, -0.15) is 0 Å². The van der Waals surface area contributed by atoms with E-state index >= 15 is 0 Å². The number of benzene rings is 3. The number of amides is 1. The number of anilines is 1. The molecule has 0 radical (unpaired) electrons. The maximum Gasteiger partial charge on any atom is 0.251 e. The summed E-state index contributed by atoms with van der Waals surface area (Å²) in [5.74, 6) is -0.754. The standard InChI is InChI=1S/C28H34FN3O4S/c1-20(23-10-12-25(29)13-11-23)31-27(33)24-14-22(15-26(16-24)32(3)37(4,34)35)18-36-19-28(2,30)17-21-8-6-5-7-9-21/h5-16,20H,17-19,30H2,1-4H3,(H,31,33). The van der Waals surface area contributed by atoms with E-state index in [2.05, 4.69) is 5.32 Å². The molecule has 1 amide bonds. The third kappa shape index (κ3) is 8.38. The monoisotopic (exact) mass is 527 g/mol. The maximum atomic E-state index is 13.3. The number of hydrogen-bond acceptors (Lipinski definition) is 5. The number of sulfonamides is 1. The Bertz CT molecular complexity index is 1310. The van der Waals surface area contributed by atoms with E-state index in [4.69, 9.17) is 10.5 Å². The Balaban J connectivity index is 1.77. The minimum atomic E-state index is -3.56. The quantitative estimate of drug-likeness (QED) is 0.389. The summed E-state index contributed by atoms with van der Waals surface area (Å²) in [5, 5.41) is 2.88. The molecule has 0 aliphatic heterocycles. The van der Waals surface area contributed by atoms with Gasteiger partial charge in [0.05, 0.1) is 31.2 Å². The van der Waals surface area contributed by atoms with E-state index < -0.39 is 21.5 Å². The first-order valence-corrected chi connectivity index (χ1v) is 13.7. The molecule has 37 heavy (non-hydrogen) atoms. The molecule has 198 valence electrons. The van der Waals surface area contributed by atoms with Gasteiger partial charge in [-0.25, -0.2) is 12.8 Å². The number of hydrogen-bond donors (Lipinski definition) is 2. The van der Waals surface area contributed by atoms with Crippen molar-refractivity contribution in [3.8, 4) is 0 Å². The molecule has 0 saturated carbocycles. The molecule has 0 aliphatic rings. The number of halogens is 1. The number of carbonyl (C=O) groups excluding carboxylic acids is 1. The summed E-state index contributed by atoms with van der Waals surface area (Å²) in [6, 6.07) is 20.2. The molecule has 3 aromatic rings. The van der Waals surface area contributed by atoms with E-state index in [1.807, 2.05) is 37.3 Å². The first-order chi connectivity index (χ1) is 17.3. The van der Waals surface area contributed by atoms with Crippen LogP contribution in [-0.2, 0) is 27.8 Å². The highest BCUT2D eigenvalue weighted by Crippen LogP contribution is 2.23. The van der Waals surface area contributed by atoms with Crippen molar-refractivity contribution < 1.29 is 22.3 Å². The van der Waals surface area contributed by atoms with Crippen LogP contribution in [0.1, 0.15) is 46.9 Å². The second-order valence-electron chi connectivity index (χ2n) is 9.67. The van der Waals surface area contributed by atoms with Crippen LogP contribution in [0, 0.1) is 5.82 Å². The van der Waals surface area contributed by atoms with Gasteiger partial charge in [0.2, 0.25) is 10.0 Å². The molecule has 3 aromatic carbocycles.